The molecule has 3 N–H and O–H groups in total. The van der Waals surface area contributed by atoms with Gasteiger partial charge in [0.1, 0.15) is 0 Å². The molecule has 1 aliphatic heterocycles. The van der Waals surface area contributed by atoms with Gasteiger partial charge in [0.05, 0.1) is 11.4 Å². The number of para-hydroxylation sites is 1. The Morgan fingerprint density at radius 3 is 2.50 bits per heavy atom. The van der Waals surface area contributed by atoms with Crippen molar-refractivity contribution in [3.05, 3.63) is 72.4 Å². The zero-order chi connectivity index (χ0) is 18.2. The molecule has 4 aromatic rings. The fourth-order valence-corrected chi connectivity index (χ4v) is 3.45. The van der Waals surface area contributed by atoms with Crippen LogP contribution >= 0.6 is 12.4 Å². The molecule has 28 heavy (non-hydrogen) atoms. The van der Waals surface area contributed by atoms with E-state index >= 15 is 0 Å². The molecule has 0 spiro atoms. The average molecular weight is 391 g/mol. The summed E-state index contributed by atoms with van der Waals surface area (Å²) >= 11 is 0. The lowest BCUT2D eigenvalue weighted by Gasteiger charge is -2.11. The van der Waals surface area contributed by atoms with Crippen LogP contribution in [0, 0.1) is 0 Å². The number of rotatable bonds is 3. The third kappa shape index (κ3) is 2.93. The summed E-state index contributed by atoms with van der Waals surface area (Å²) in [5.74, 6) is 2.37. The van der Waals surface area contributed by atoms with Crippen LogP contribution in [-0.4, -0.2) is 26.3 Å². The molecule has 2 aromatic carbocycles. The molecule has 0 aliphatic carbocycles. The largest absolute Gasteiger partial charge is 0.338 e. The number of anilines is 2. The van der Waals surface area contributed by atoms with Crippen LogP contribution in [0.5, 0.6) is 0 Å². The minimum absolute atomic E-state index is 0. The van der Waals surface area contributed by atoms with E-state index in [9.17, 15) is 0 Å². The fourth-order valence-electron chi connectivity index (χ4n) is 3.45. The lowest BCUT2D eigenvalue weighted by molar-refractivity contribution is 0.968. The molecule has 140 valence electrons. The van der Waals surface area contributed by atoms with Crippen LogP contribution in [0.2, 0.25) is 0 Å². The summed E-state index contributed by atoms with van der Waals surface area (Å²) in [7, 11) is 0. The normalized spacial score (nSPS) is 11.3. The van der Waals surface area contributed by atoms with Crippen LogP contribution in [0.1, 0.15) is 5.56 Å². The van der Waals surface area contributed by atoms with E-state index in [0.717, 1.165) is 46.4 Å². The number of nitrogens with one attached hydrogen (secondary N) is 1. The quantitative estimate of drug-likeness (QED) is 0.487. The van der Waals surface area contributed by atoms with E-state index in [1.54, 1.807) is 6.20 Å². The number of benzene rings is 2. The Morgan fingerprint density at radius 2 is 1.68 bits per heavy atom. The average Bonchev–Trinajstić information content (AvgIpc) is 3.09. The topological polar surface area (TPSA) is 81.7 Å². The minimum atomic E-state index is 0. The molecule has 0 bridgehead atoms. The second kappa shape index (κ2) is 7.42. The van der Waals surface area contributed by atoms with Crippen LogP contribution in [0.25, 0.3) is 28.5 Å². The second-order valence-corrected chi connectivity index (χ2v) is 6.46. The summed E-state index contributed by atoms with van der Waals surface area (Å²) in [6.07, 6.45) is 2.65. The van der Waals surface area contributed by atoms with Crippen LogP contribution in [0.15, 0.2) is 66.9 Å². The fraction of sp³-hybridized carbons (Fsp3) is 0.0952. The van der Waals surface area contributed by atoms with Gasteiger partial charge in [0, 0.05) is 17.3 Å². The molecule has 0 saturated heterocycles. The van der Waals surface area contributed by atoms with Gasteiger partial charge in [-0.2, -0.15) is 0 Å². The molecule has 1 aliphatic rings. The van der Waals surface area contributed by atoms with Crippen LogP contribution in [-0.2, 0) is 6.42 Å². The van der Waals surface area contributed by atoms with Gasteiger partial charge >= 0.3 is 0 Å². The van der Waals surface area contributed by atoms with Crippen LogP contribution in [0.4, 0.5) is 11.5 Å². The van der Waals surface area contributed by atoms with E-state index < -0.39 is 0 Å². The highest BCUT2D eigenvalue weighted by Gasteiger charge is 2.24. The van der Waals surface area contributed by atoms with Crippen molar-refractivity contribution in [2.45, 2.75) is 6.42 Å². The van der Waals surface area contributed by atoms with Crippen LogP contribution in [0.3, 0.4) is 0 Å². The Hall–Kier alpha value is -3.22. The van der Waals surface area contributed by atoms with E-state index in [0.29, 0.717) is 6.54 Å². The number of hydrogen-bond donors (Lipinski definition) is 2. The number of halogens is 1. The standard InChI is InChI=1S/C21H18N6.ClH/c22-12-11-14-7-9-15(10-8-14)20-25-26-21-16-4-1-2-5-17(16)24-19-18(27(20)21)6-3-13-23-19;/h1-10,13H,11-12,22H2,(H,23,24);1H. The summed E-state index contributed by atoms with van der Waals surface area (Å²) in [6, 6.07) is 20.4. The molecule has 6 nitrogen and oxygen atoms in total. The molecule has 0 radical (unpaired) electrons. The van der Waals surface area contributed by atoms with Crippen molar-refractivity contribution in [1.29, 1.82) is 0 Å². The minimum Gasteiger partial charge on any atom is -0.338 e. The summed E-state index contributed by atoms with van der Waals surface area (Å²) < 4.78 is 2.07. The van der Waals surface area contributed by atoms with Crippen molar-refractivity contribution >= 4 is 23.9 Å². The number of pyridine rings is 1. The Morgan fingerprint density at radius 1 is 0.893 bits per heavy atom. The highest BCUT2D eigenvalue weighted by molar-refractivity contribution is 5.85. The van der Waals surface area contributed by atoms with Crippen molar-refractivity contribution in [2.24, 2.45) is 5.73 Å². The molecular formula is C21H19ClN6. The maximum atomic E-state index is 5.66. The smallest absolute Gasteiger partial charge is 0.171 e. The molecule has 2 aromatic heterocycles. The summed E-state index contributed by atoms with van der Waals surface area (Å²) in [6.45, 7) is 0.640. The lowest BCUT2D eigenvalue weighted by atomic mass is 10.1. The molecule has 7 heteroatoms. The molecule has 5 rings (SSSR count). The first-order chi connectivity index (χ1) is 13.3. The van der Waals surface area contributed by atoms with E-state index in [2.05, 4.69) is 49.3 Å². The Balaban J connectivity index is 0.00000192. The third-order valence-corrected chi connectivity index (χ3v) is 4.76. The Kier molecular flexibility index (Phi) is 4.81. The number of hydrogen-bond acceptors (Lipinski definition) is 5. The van der Waals surface area contributed by atoms with Gasteiger partial charge in [-0.05, 0) is 42.8 Å². The molecule has 0 fully saturated rings. The van der Waals surface area contributed by atoms with Gasteiger partial charge in [-0.3, -0.25) is 4.57 Å². The van der Waals surface area contributed by atoms with Crippen molar-refractivity contribution < 1.29 is 0 Å². The van der Waals surface area contributed by atoms with Gasteiger partial charge in [0.25, 0.3) is 0 Å². The van der Waals surface area contributed by atoms with Crippen LogP contribution < -0.4 is 11.1 Å². The summed E-state index contributed by atoms with van der Waals surface area (Å²) in [5, 5.41) is 12.5. The van der Waals surface area contributed by atoms with E-state index in [1.807, 2.05) is 36.4 Å². The van der Waals surface area contributed by atoms with Crippen molar-refractivity contribution in [3.63, 3.8) is 0 Å². The molecule has 0 amide bonds. The van der Waals surface area contributed by atoms with E-state index in [-0.39, 0.29) is 12.4 Å². The van der Waals surface area contributed by atoms with Gasteiger partial charge < -0.3 is 11.1 Å². The zero-order valence-electron chi connectivity index (χ0n) is 15.0. The molecular weight excluding hydrogens is 372 g/mol. The Bertz CT molecular complexity index is 1120. The highest BCUT2D eigenvalue weighted by Crippen LogP contribution is 2.38. The third-order valence-electron chi connectivity index (χ3n) is 4.76. The predicted octanol–water partition coefficient (Wildman–Crippen LogP) is 3.98. The van der Waals surface area contributed by atoms with Crippen molar-refractivity contribution in [1.82, 2.24) is 19.7 Å². The first-order valence-corrected chi connectivity index (χ1v) is 8.92. The van der Waals surface area contributed by atoms with Gasteiger partial charge in [0.15, 0.2) is 17.5 Å². The zero-order valence-corrected chi connectivity index (χ0v) is 15.9. The van der Waals surface area contributed by atoms with Gasteiger partial charge in [0.2, 0.25) is 0 Å². The van der Waals surface area contributed by atoms with Crippen molar-refractivity contribution in [2.75, 3.05) is 11.9 Å². The molecule has 0 atom stereocenters. The predicted molar refractivity (Wildman–Crippen MR) is 113 cm³/mol. The first-order valence-electron chi connectivity index (χ1n) is 8.92. The van der Waals surface area contributed by atoms with E-state index in [4.69, 9.17) is 5.73 Å². The lowest BCUT2D eigenvalue weighted by Crippen LogP contribution is -2.03. The molecule has 0 unspecified atom stereocenters. The summed E-state index contributed by atoms with van der Waals surface area (Å²) in [4.78, 5) is 4.53. The maximum absolute atomic E-state index is 5.66. The van der Waals surface area contributed by atoms with E-state index in [1.165, 1.54) is 5.56 Å². The number of fused-ring (bicyclic) bond motifs is 5. The van der Waals surface area contributed by atoms with Crippen molar-refractivity contribution in [3.8, 4) is 28.5 Å². The Labute approximate surface area is 168 Å². The van der Waals surface area contributed by atoms with Gasteiger partial charge in [-0.15, -0.1) is 22.6 Å². The number of nitrogens with zero attached hydrogens (tertiary/aromatic N) is 4. The number of nitrogens with two attached hydrogens (primary N) is 1. The highest BCUT2D eigenvalue weighted by atomic mass is 35.5. The monoisotopic (exact) mass is 390 g/mol. The van der Waals surface area contributed by atoms with Gasteiger partial charge in [-0.1, -0.05) is 36.4 Å². The number of aromatic nitrogens is 4. The molecule has 3 heterocycles. The molecule has 0 saturated carbocycles. The second-order valence-electron chi connectivity index (χ2n) is 6.46. The van der Waals surface area contributed by atoms with Gasteiger partial charge in [-0.25, -0.2) is 4.98 Å². The maximum Gasteiger partial charge on any atom is 0.171 e. The first kappa shape index (κ1) is 18.2. The summed E-state index contributed by atoms with van der Waals surface area (Å²) in [5.41, 5.74) is 10.8. The SMILES string of the molecule is Cl.NCCc1ccc(-c2nnc3n2-c2cccnc2Nc2ccccc2-3)cc1.